The first-order valence-corrected chi connectivity index (χ1v) is 7.58. The van der Waals surface area contributed by atoms with E-state index < -0.39 is 0 Å². The number of benzene rings is 3. The van der Waals surface area contributed by atoms with Gasteiger partial charge in [-0.25, -0.2) is 0 Å². The van der Waals surface area contributed by atoms with E-state index in [0.29, 0.717) is 5.92 Å². The Labute approximate surface area is 129 Å². The van der Waals surface area contributed by atoms with Gasteiger partial charge in [-0.2, -0.15) is 0 Å². The van der Waals surface area contributed by atoms with Crippen LogP contribution in [0.25, 0.3) is 10.8 Å². The maximum atomic E-state index is 6.64. The molecule has 21 heavy (non-hydrogen) atoms. The number of hydrogen-bond acceptors (Lipinski definition) is 1. The van der Waals surface area contributed by atoms with E-state index in [0.717, 1.165) is 11.4 Å². The predicted octanol–water partition coefficient (Wildman–Crippen LogP) is 4.83. The van der Waals surface area contributed by atoms with Crippen molar-refractivity contribution in [1.82, 2.24) is 0 Å². The van der Waals surface area contributed by atoms with Crippen LogP contribution in [0.15, 0.2) is 66.7 Å². The molecule has 2 N–H and O–H groups in total. The summed E-state index contributed by atoms with van der Waals surface area (Å²) in [6.45, 7) is 0. The molecule has 1 saturated carbocycles. The highest BCUT2D eigenvalue weighted by Crippen LogP contribution is 2.56. The van der Waals surface area contributed by atoms with Crippen molar-refractivity contribution in [3.8, 4) is 0 Å². The van der Waals surface area contributed by atoms with Gasteiger partial charge in [0.1, 0.15) is 0 Å². The third kappa shape index (κ3) is 2.14. The van der Waals surface area contributed by atoms with Gasteiger partial charge < -0.3 is 5.73 Å². The molecule has 0 spiro atoms. The Morgan fingerprint density at radius 2 is 1.71 bits per heavy atom. The average Bonchev–Trinajstić information content (AvgIpc) is 3.20. The van der Waals surface area contributed by atoms with E-state index in [1.165, 1.54) is 21.9 Å². The van der Waals surface area contributed by atoms with E-state index in [-0.39, 0.29) is 5.54 Å². The van der Waals surface area contributed by atoms with Gasteiger partial charge in [-0.1, -0.05) is 60.1 Å². The van der Waals surface area contributed by atoms with E-state index in [1.54, 1.807) is 0 Å². The predicted molar refractivity (Wildman–Crippen MR) is 88.6 cm³/mol. The van der Waals surface area contributed by atoms with Crippen LogP contribution < -0.4 is 5.73 Å². The molecule has 2 heteroatoms. The third-order valence-corrected chi connectivity index (χ3v) is 4.78. The lowest BCUT2D eigenvalue weighted by Crippen LogP contribution is -2.21. The minimum Gasteiger partial charge on any atom is -0.321 e. The molecule has 0 aromatic heterocycles. The molecule has 0 unspecified atom stereocenters. The third-order valence-electron chi connectivity index (χ3n) is 4.54. The van der Waals surface area contributed by atoms with Gasteiger partial charge in [0.15, 0.2) is 0 Å². The Kier molecular flexibility index (Phi) is 2.81. The number of halogens is 1. The number of hydrogen-bond donors (Lipinski definition) is 1. The molecule has 0 aliphatic heterocycles. The van der Waals surface area contributed by atoms with Crippen LogP contribution in [-0.4, -0.2) is 0 Å². The van der Waals surface area contributed by atoms with Crippen LogP contribution in [0.2, 0.25) is 5.02 Å². The zero-order valence-electron chi connectivity index (χ0n) is 11.6. The first kappa shape index (κ1) is 12.9. The summed E-state index contributed by atoms with van der Waals surface area (Å²) in [6, 6.07) is 23.0. The maximum absolute atomic E-state index is 6.64. The summed E-state index contributed by atoms with van der Waals surface area (Å²) in [5, 5.41) is 3.28. The molecule has 1 fully saturated rings. The second-order valence-electron chi connectivity index (χ2n) is 5.91. The fourth-order valence-corrected chi connectivity index (χ4v) is 3.41. The Morgan fingerprint density at radius 1 is 0.905 bits per heavy atom. The lowest BCUT2D eigenvalue weighted by Gasteiger charge is -2.13. The van der Waals surface area contributed by atoms with Gasteiger partial charge in [0.25, 0.3) is 0 Å². The smallest absolute Gasteiger partial charge is 0.0486 e. The van der Waals surface area contributed by atoms with Crippen LogP contribution in [0.1, 0.15) is 23.5 Å². The minimum atomic E-state index is -0.255. The van der Waals surface area contributed by atoms with Crippen molar-refractivity contribution < 1.29 is 0 Å². The number of nitrogens with two attached hydrogens (primary N) is 1. The molecule has 0 radical (unpaired) electrons. The van der Waals surface area contributed by atoms with Gasteiger partial charge in [-0.05, 0) is 46.5 Å². The highest BCUT2D eigenvalue weighted by atomic mass is 35.5. The second kappa shape index (κ2) is 4.59. The largest absolute Gasteiger partial charge is 0.321 e. The summed E-state index contributed by atoms with van der Waals surface area (Å²) in [4.78, 5) is 0. The van der Waals surface area contributed by atoms with E-state index in [1.807, 2.05) is 18.2 Å². The van der Waals surface area contributed by atoms with Gasteiger partial charge in [0, 0.05) is 16.5 Å². The molecule has 1 nitrogen and oxygen atoms in total. The average molecular weight is 294 g/mol. The zero-order valence-corrected chi connectivity index (χ0v) is 12.3. The van der Waals surface area contributed by atoms with Crippen molar-refractivity contribution in [3.63, 3.8) is 0 Å². The quantitative estimate of drug-likeness (QED) is 0.719. The molecule has 0 heterocycles. The Balaban J connectivity index is 1.72. The van der Waals surface area contributed by atoms with Crippen LogP contribution in [0.3, 0.4) is 0 Å². The topological polar surface area (TPSA) is 26.0 Å². The van der Waals surface area contributed by atoms with Gasteiger partial charge in [0.05, 0.1) is 0 Å². The normalized spacial score (nSPS) is 24.2. The maximum Gasteiger partial charge on any atom is 0.0486 e. The second-order valence-corrected chi connectivity index (χ2v) is 6.35. The molecule has 4 rings (SSSR count). The lowest BCUT2D eigenvalue weighted by molar-refractivity contribution is 0.707. The van der Waals surface area contributed by atoms with Gasteiger partial charge in [-0.3, -0.25) is 0 Å². The fraction of sp³-hybridized carbons (Fsp3) is 0.158. The van der Waals surface area contributed by atoms with E-state index in [9.17, 15) is 0 Å². The van der Waals surface area contributed by atoms with Crippen LogP contribution in [0.5, 0.6) is 0 Å². The number of fused-ring (bicyclic) bond motifs is 1. The van der Waals surface area contributed by atoms with Crippen molar-refractivity contribution in [1.29, 1.82) is 0 Å². The molecule has 1 aliphatic carbocycles. The molecule has 0 saturated heterocycles. The van der Waals surface area contributed by atoms with Crippen molar-refractivity contribution in [2.75, 3.05) is 0 Å². The fourth-order valence-electron chi connectivity index (χ4n) is 3.22. The van der Waals surface area contributed by atoms with Crippen molar-refractivity contribution in [3.05, 3.63) is 82.9 Å². The van der Waals surface area contributed by atoms with Crippen molar-refractivity contribution in [2.45, 2.75) is 17.9 Å². The summed E-state index contributed by atoms with van der Waals surface area (Å²) < 4.78 is 0. The summed E-state index contributed by atoms with van der Waals surface area (Å²) >= 11 is 6.09. The first-order valence-electron chi connectivity index (χ1n) is 7.20. The highest BCUT2D eigenvalue weighted by Gasteiger charge is 2.52. The van der Waals surface area contributed by atoms with Crippen LogP contribution in [0.4, 0.5) is 0 Å². The van der Waals surface area contributed by atoms with Gasteiger partial charge in [-0.15, -0.1) is 0 Å². The monoisotopic (exact) mass is 293 g/mol. The molecule has 1 aliphatic rings. The molecule has 2 atom stereocenters. The van der Waals surface area contributed by atoms with Crippen molar-refractivity contribution in [2.24, 2.45) is 5.73 Å². The van der Waals surface area contributed by atoms with Crippen LogP contribution in [0, 0.1) is 0 Å². The molecular weight excluding hydrogens is 278 g/mol. The standard InChI is InChI=1S/C19H16ClN/c20-17-7-3-6-15(11-17)18-12-19(18,21)16-9-8-13-4-1-2-5-14(13)10-16/h1-11,18H,12,21H2/t18-,19-/m1/s1. The summed E-state index contributed by atoms with van der Waals surface area (Å²) in [5.74, 6) is 0.359. The zero-order chi connectivity index (χ0) is 14.4. The molecule has 3 aromatic carbocycles. The lowest BCUT2D eigenvalue weighted by atomic mass is 9.97. The SMILES string of the molecule is N[C@@]1(c2ccc3ccccc3c2)C[C@@H]1c1cccc(Cl)c1. The highest BCUT2D eigenvalue weighted by molar-refractivity contribution is 6.30. The summed E-state index contributed by atoms with van der Waals surface area (Å²) in [5.41, 5.74) is 8.84. The minimum absolute atomic E-state index is 0.255. The Bertz CT molecular complexity index is 826. The van der Waals surface area contributed by atoms with Gasteiger partial charge in [0.2, 0.25) is 0 Å². The van der Waals surface area contributed by atoms with Crippen LogP contribution >= 0.6 is 11.6 Å². The molecule has 0 amide bonds. The molecular formula is C19H16ClN. The molecule has 0 bridgehead atoms. The van der Waals surface area contributed by atoms with Gasteiger partial charge >= 0.3 is 0 Å². The summed E-state index contributed by atoms with van der Waals surface area (Å²) in [7, 11) is 0. The van der Waals surface area contributed by atoms with E-state index in [4.69, 9.17) is 17.3 Å². The van der Waals surface area contributed by atoms with E-state index in [2.05, 4.69) is 48.5 Å². The molecule has 3 aromatic rings. The first-order chi connectivity index (χ1) is 10.2. The van der Waals surface area contributed by atoms with Crippen LogP contribution in [-0.2, 0) is 5.54 Å². The van der Waals surface area contributed by atoms with E-state index >= 15 is 0 Å². The Morgan fingerprint density at radius 3 is 2.52 bits per heavy atom. The number of rotatable bonds is 2. The Hall–Kier alpha value is -1.83. The molecule has 104 valence electrons. The summed E-state index contributed by atoms with van der Waals surface area (Å²) in [6.07, 6.45) is 0.978. The van der Waals surface area contributed by atoms with Crippen molar-refractivity contribution >= 4 is 22.4 Å².